The predicted molar refractivity (Wildman–Crippen MR) is 71.1 cm³/mol. The lowest BCUT2D eigenvalue weighted by Gasteiger charge is -2.26. The van der Waals surface area contributed by atoms with Crippen LogP contribution in [0.1, 0.15) is 32.6 Å². The number of hydrogen-bond acceptors (Lipinski definition) is 5. The third-order valence-electron chi connectivity index (χ3n) is 3.20. The first-order valence-electron chi connectivity index (χ1n) is 6.23. The predicted octanol–water partition coefficient (Wildman–Crippen LogP) is 1.17. The second-order valence-corrected chi connectivity index (χ2v) is 5.76. The first kappa shape index (κ1) is 13.2. The molecule has 1 aromatic heterocycles. The van der Waals surface area contributed by atoms with Gasteiger partial charge < -0.3 is 11.1 Å². The highest BCUT2D eigenvalue weighted by atomic mass is 32.2. The first-order valence-corrected chi connectivity index (χ1v) is 7.22. The maximum atomic E-state index is 11.7. The van der Waals surface area contributed by atoms with Crippen molar-refractivity contribution in [2.75, 3.05) is 11.5 Å². The molecule has 0 aromatic carbocycles. The summed E-state index contributed by atoms with van der Waals surface area (Å²) in [6.07, 6.45) is 4.58. The normalized spacial score (nSPS) is 23.8. The number of carbonyl (C=O) groups excluding carboxylic acids is 1. The Balaban J connectivity index is 1.69. The van der Waals surface area contributed by atoms with Crippen LogP contribution in [0.15, 0.2) is 5.16 Å². The van der Waals surface area contributed by atoms with Crippen LogP contribution in [0.4, 0.5) is 5.95 Å². The van der Waals surface area contributed by atoms with Gasteiger partial charge in [-0.05, 0) is 31.6 Å². The highest BCUT2D eigenvalue weighted by Gasteiger charge is 2.19. The number of thioether (sulfide) groups is 1. The van der Waals surface area contributed by atoms with Gasteiger partial charge in [0.1, 0.15) is 0 Å². The summed E-state index contributed by atoms with van der Waals surface area (Å²) in [5.41, 5.74) is 5.40. The average molecular weight is 269 g/mol. The lowest BCUT2D eigenvalue weighted by Crippen LogP contribution is -2.38. The largest absolute Gasteiger partial charge is 0.368 e. The van der Waals surface area contributed by atoms with Crippen LogP contribution >= 0.6 is 11.8 Å². The van der Waals surface area contributed by atoms with Crippen molar-refractivity contribution < 1.29 is 4.79 Å². The molecule has 0 saturated heterocycles. The SMILES string of the molecule is CC1CCC(NC(=O)CSc2n[nH]c(N)n2)CC1. The van der Waals surface area contributed by atoms with Crippen LogP contribution in [0, 0.1) is 5.92 Å². The Hall–Kier alpha value is -1.24. The van der Waals surface area contributed by atoms with E-state index < -0.39 is 0 Å². The van der Waals surface area contributed by atoms with Crippen molar-refractivity contribution in [3.8, 4) is 0 Å². The molecule has 4 N–H and O–H groups in total. The summed E-state index contributed by atoms with van der Waals surface area (Å²) in [4.78, 5) is 15.7. The number of rotatable bonds is 4. The van der Waals surface area contributed by atoms with E-state index in [1.54, 1.807) is 0 Å². The third-order valence-corrected chi connectivity index (χ3v) is 4.04. The van der Waals surface area contributed by atoms with Crippen molar-refractivity contribution in [1.82, 2.24) is 20.5 Å². The number of nitrogens with zero attached hydrogens (tertiary/aromatic N) is 2. The Kier molecular flexibility index (Phi) is 4.46. The minimum Gasteiger partial charge on any atom is -0.368 e. The molecule has 1 fully saturated rings. The van der Waals surface area contributed by atoms with Crippen LogP contribution < -0.4 is 11.1 Å². The van der Waals surface area contributed by atoms with Gasteiger partial charge in [0.25, 0.3) is 0 Å². The number of carbonyl (C=O) groups is 1. The second-order valence-electron chi connectivity index (χ2n) is 4.82. The highest BCUT2D eigenvalue weighted by molar-refractivity contribution is 7.99. The van der Waals surface area contributed by atoms with Gasteiger partial charge in [-0.3, -0.25) is 4.79 Å². The Labute approximate surface area is 111 Å². The zero-order chi connectivity index (χ0) is 13.0. The number of amides is 1. The van der Waals surface area contributed by atoms with E-state index >= 15 is 0 Å². The topological polar surface area (TPSA) is 96.7 Å². The number of H-pyrrole nitrogens is 1. The molecule has 0 radical (unpaired) electrons. The Morgan fingerprint density at radius 2 is 2.22 bits per heavy atom. The molecule has 0 unspecified atom stereocenters. The van der Waals surface area contributed by atoms with Crippen molar-refractivity contribution in [2.45, 2.75) is 43.8 Å². The molecular weight excluding hydrogens is 250 g/mol. The van der Waals surface area contributed by atoms with Gasteiger partial charge in [-0.15, -0.1) is 5.10 Å². The zero-order valence-electron chi connectivity index (χ0n) is 10.5. The molecule has 18 heavy (non-hydrogen) atoms. The minimum atomic E-state index is 0.0444. The summed E-state index contributed by atoms with van der Waals surface area (Å²) < 4.78 is 0. The van der Waals surface area contributed by atoms with Crippen molar-refractivity contribution >= 4 is 23.6 Å². The third kappa shape index (κ3) is 3.90. The Bertz CT molecular complexity index is 400. The van der Waals surface area contributed by atoms with E-state index in [-0.39, 0.29) is 11.9 Å². The van der Waals surface area contributed by atoms with E-state index in [2.05, 4.69) is 27.4 Å². The summed E-state index contributed by atoms with van der Waals surface area (Å²) in [7, 11) is 0. The number of anilines is 1. The zero-order valence-corrected chi connectivity index (χ0v) is 11.3. The van der Waals surface area contributed by atoms with Gasteiger partial charge >= 0.3 is 0 Å². The van der Waals surface area contributed by atoms with Crippen LogP contribution in [-0.4, -0.2) is 32.9 Å². The molecule has 1 saturated carbocycles. The molecule has 1 aromatic rings. The van der Waals surface area contributed by atoms with E-state index in [0.29, 0.717) is 17.0 Å². The quantitative estimate of drug-likeness (QED) is 0.713. The average Bonchev–Trinajstić information content (AvgIpc) is 2.76. The monoisotopic (exact) mass is 269 g/mol. The fourth-order valence-electron chi connectivity index (χ4n) is 2.13. The van der Waals surface area contributed by atoms with Gasteiger partial charge in [-0.25, -0.2) is 5.10 Å². The van der Waals surface area contributed by atoms with Crippen LogP contribution in [-0.2, 0) is 4.79 Å². The molecule has 1 heterocycles. The second kappa shape index (κ2) is 6.08. The number of aromatic amines is 1. The summed E-state index contributed by atoms with van der Waals surface area (Å²) in [5.74, 6) is 1.45. The lowest BCUT2D eigenvalue weighted by molar-refractivity contribution is -0.119. The lowest BCUT2D eigenvalue weighted by atomic mass is 9.87. The van der Waals surface area contributed by atoms with Crippen LogP contribution in [0.5, 0.6) is 0 Å². The fourth-order valence-corrected chi connectivity index (χ4v) is 2.74. The molecule has 0 spiro atoms. The summed E-state index contributed by atoms with van der Waals surface area (Å²) in [5, 5.41) is 9.98. The molecular formula is C11H19N5OS. The van der Waals surface area contributed by atoms with E-state index in [0.717, 1.165) is 18.8 Å². The van der Waals surface area contributed by atoms with Crippen molar-refractivity contribution in [1.29, 1.82) is 0 Å². The van der Waals surface area contributed by atoms with Crippen LogP contribution in [0.2, 0.25) is 0 Å². The molecule has 1 amide bonds. The van der Waals surface area contributed by atoms with Gasteiger partial charge in [0, 0.05) is 6.04 Å². The smallest absolute Gasteiger partial charge is 0.230 e. The van der Waals surface area contributed by atoms with Gasteiger partial charge in [0.2, 0.25) is 17.0 Å². The molecule has 0 aliphatic heterocycles. The maximum absolute atomic E-state index is 11.7. The Morgan fingerprint density at radius 1 is 1.50 bits per heavy atom. The van der Waals surface area contributed by atoms with Crippen molar-refractivity contribution in [3.63, 3.8) is 0 Å². The number of aromatic nitrogens is 3. The van der Waals surface area contributed by atoms with E-state index in [1.165, 1.54) is 24.6 Å². The van der Waals surface area contributed by atoms with Gasteiger partial charge in [0.15, 0.2) is 0 Å². The van der Waals surface area contributed by atoms with E-state index in [4.69, 9.17) is 5.73 Å². The molecule has 2 rings (SSSR count). The first-order chi connectivity index (χ1) is 8.63. The number of nitrogens with two attached hydrogens (primary N) is 1. The Morgan fingerprint density at radius 3 is 2.83 bits per heavy atom. The molecule has 0 bridgehead atoms. The van der Waals surface area contributed by atoms with Gasteiger partial charge in [0.05, 0.1) is 5.75 Å². The standard InChI is InChI=1S/C11H19N5OS/c1-7-2-4-8(5-3-7)13-9(17)6-18-11-14-10(12)15-16-11/h7-8H,2-6H2,1H3,(H,13,17)(H3,12,14,15,16). The minimum absolute atomic E-state index is 0.0444. The summed E-state index contributed by atoms with van der Waals surface area (Å²) >= 11 is 1.29. The number of nitrogen functional groups attached to an aromatic ring is 1. The molecule has 6 nitrogen and oxygen atoms in total. The summed E-state index contributed by atoms with van der Waals surface area (Å²) in [6.45, 7) is 2.27. The summed E-state index contributed by atoms with van der Waals surface area (Å²) in [6, 6.07) is 0.339. The maximum Gasteiger partial charge on any atom is 0.230 e. The number of hydrogen-bond donors (Lipinski definition) is 3. The molecule has 7 heteroatoms. The van der Waals surface area contributed by atoms with Crippen LogP contribution in [0.25, 0.3) is 0 Å². The van der Waals surface area contributed by atoms with Crippen molar-refractivity contribution in [2.24, 2.45) is 5.92 Å². The number of nitrogens with one attached hydrogen (secondary N) is 2. The van der Waals surface area contributed by atoms with Gasteiger partial charge in [-0.1, -0.05) is 18.7 Å². The van der Waals surface area contributed by atoms with E-state index in [1.807, 2.05) is 0 Å². The van der Waals surface area contributed by atoms with Crippen molar-refractivity contribution in [3.05, 3.63) is 0 Å². The molecule has 1 aliphatic carbocycles. The van der Waals surface area contributed by atoms with E-state index in [9.17, 15) is 4.79 Å². The molecule has 0 atom stereocenters. The van der Waals surface area contributed by atoms with Gasteiger partial charge in [-0.2, -0.15) is 4.98 Å². The highest BCUT2D eigenvalue weighted by Crippen LogP contribution is 2.23. The van der Waals surface area contributed by atoms with Crippen LogP contribution in [0.3, 0.4) is 0 Å². The fraction of sp³-hybridized carbons (Fsp3) is 0.727. The molecule has 100 valence electrons. The molecule has 1 aliphatic rings.